The van der Waals surface area contributed by atoms with Crippen LogP contribution in [0.1, 0.15) is 27.0 Å². The maximum atomic E-state index is 13.6. The van der Waals surface area contributed by atoms with Gasteiger partial charge in [0.05, 0.1) is 11.3 Å². The van der Waals surface area contributed by atoms with E-state index in [0.29, 0.717) is 17.7 Å². The second-order valence-electron chi connectivity index (χ2n) is 6.02. The van der Waals surface area contributed by atoms with E-state index in [9.17, 15) is 9.18 Å². The lowest BCUT2D eigenvalue weighted by Crippen LogP contribution is -2.23. The van der Waals surface area contributed by atoms with Crippen molar-refractivity contribution < 1.29 is 9.18 Å². The van der Waals surface area contributed by atoms with Crippen molar-refractivity contribution >= 4 is 11.6 Å². The fraction of sp³-hybridized carbons (Fsp3) is 0.143. The summed E-state index contributed by atoms with van der Waals surface area (Å²) in [5, 5.41) is 6.00. The van der Waals surface area contributed by atoms with Crippen LogP contribution in [-0.4, -0.2) is 10.9 Å². The molecule has 26 heavy (non-hydrogen) atoms. The lowest BCUT2D eigenvalue weighted by atomic mass is 10.1. The highest BCUT2D eigenvalue weighted by Gasteiger charge is 2.08. The summed E-state index contributed by atoms with van der Waals surface area (Å²) in [4.78, 5) is 16.4. The molecule has 0 unspecified atom stereocenters. The highest BCUT2D eigenvalue weighted by molar-refractivity contribution is 5.94. The highest BCUT2D eigenvalue weighted by atomic mass is 19.1. The van der Waals surface area contributed by atoms with Gasteiger partial charge in [0, 0.05) is 31.0 Å². The number of carbonyl (C=O) groups excluding carboxylic acids is 1. The van der Waals surface area contributed by atoms with Crippen LogP contribution in [0.4, 0.5) is 10.1 Å². The van der Waals surface area contributed by atoms with Gasteiger partial charge in [-0.2, -0.15) is 0 Å². The Balaban J connectivity index is 1.62. The number of benzene rings is 2. The Hall–Kier alpha value is -3.21. The van der Waals surface area contributed by atoms with Gasteiger partial charge in [0.25, 0.3) is 5.91 Å². The van der Waals surface area contributed by atoms with Crippen molar-refractivity contribution in [3.05, 3.63) is 95.1 Å². The zero-order chi connectivity index (χ0) is 18.4. The molecule has 0 saturated heterocycles. The first-order valence-corrected chi connectivity index (χ1v) is 8.38. The second-order valence-corrected chi connectivity index (χ2v) is 6.02. The number of nitrogens with zero attached hydrogens (tertiary/aromatic N) is 1. The van der Waals surface area contributed by atoms with Gasteiger partial charge in [-0.3, -0.25) is 9.78 Å². The van der Waals surface area contributed by atoms with Crippen LogP contribution in [0.2, 0.25) is 0 Å². The van der Waals surface area contributed by atoms with E-state index in [-0.39, 0.29) is 18.3 Å². The molecule has 0 fully saturated rings. The van der Waals surface area contributed by atoms with Gasteiger partial charge in [-0.1, -0.05) is 42.5 Å². The summed E-state index contributed by atoms with van der Waals surface area (Å²) in [6.07, 6.45) is 3.17. The SMILES string of the molecule is Cc1ccccc1CNc1cncc(C(=O)NCc2ccccc2F)c1. The number of rotatable bonds is 6. The first-order valence-electron chi connectivity index (χ1n) is 8.38. The Morgan fingerprint density at radius 2 is 1.73 bits per heavy atom. The minimum atomic E-state index is -0.334. The van der Waals surface area contributed by atoms with Crippen LogP contribution in [0.3, 0.4) is 0 Å². The molecule has 0 radical (unpaired) electrons. The van der Waals surface area contributed by atoms with Gasteiger partial charge >= 0.3 is 0 Å². The molecule has 1 heterocycles. The van der Waals surface area contributed by atoms with Gasteiger partial charge in [0.1, 0.15) is 5.82 Å². The van der Waals surface area contributed by atoms with Crippen molar-refractivity contribution in [2.24, 2.45) is 0 Å². The molecule has 1 amide bonds. The average molecular weight is 349 g/mol. The zero-order valence-corrected chi connectivity index (χ0v) is 14.5. The lowest BCUT2D eigenvalue weighted by Gasteiger charge is -2.10. The largest absolute Gasteiger partial charge is 0.380 e. The minimum Gasteiger partial charge on any atom is -0.380 e. The quantitative estimate of drug-likeness (QED) is 0.705. The minimum absolute atomic E-state index is 0.131. The number of amides is 1. The van der Waals surface area contributed by atoms with Crippen LogP contribution < -0.4 is 10.6 Å². The monoisotopic (exact) mass is 349 g/mol. The van der Waals surface area contributed by atoms with Gasteiger partial charge < -0.3 is 10.6 Å². The van der Waals surface area contributed by atoms with E-state index < -0.39 is 0 Å². The molecule has 132 valence electrons. The average Bonchev–Trinajstić information content (AvgIpc) is 2.67. The summed E-state index contributed by atoms with van der Waals surface area (Å²) in [5.74, 6) is -0.625. The normalized spacial score (nSPS) is 10.4. The van der Waals surface area contributed by atoms with Crippen LogP contribution in [0, 0.1) is 12.7 Å². The fourth-order valence-corrected chi connectivity index (χ4v) is 2.59. The lowest BCUT2D eigenvalue weighted by molar-refractivity contribution is 0.0950. The van der Waals surface area contributed by atoms with Crippen molar-refractivity contribution in [2.75, 3.05) is 5.32 Å². The topological polar surface area (TPSA) is 54.0 Å². The standard InChI is InChI=1S/C21H20FN3O/c1-15-6-2-3-7-16(15)12-24-19-10-18(11-23-14-19)21(26)25-13-17-8-4-5-9-20(17)22/h2-11,14,24H,12-13H2,1H3,(H,25,26). The molecule has 0 aliphatic heterocycles. The van der Waals surface area contributed by atoms with Crippen molar-refractivity contribution in [1.29, 1.82) is 0 Å². The number of pyridine rings is 1. The molecule has 0 bridgehead atoms. The zero-order valence-electron chi connectivity index (χ0n) is 14.5. The Kier molecular flexibility index (Phi) is 5.59. The number of nitrogens with one attached hydrogen (secondary N) is 2. The van der Waals surface area contributed by atoms with Crippen molar-refractivity contribution in [3.63, 3.8) is 0 Å². The van der Waals surface area contributed by atoms with E-state index in [1.807, 2.05) is 12.1 Å². The van der Waals surface area contributed by atoms with Gasteiger partial charge in [-0.15, -0.1) is 0 Å². The summed E-state index contributed by atoms with van der Waals surface area (Å²) < 4.78 is 13.6. The predicted octanol–water partition coefficient (Wildman–Crippen LogP) is 4.07. The number of hydrogen-bond acceptors (Lipinski definition) is 3. The molecule has 4 nitrogen and oxygen atoms in total. The fourth-order valence-electron chi connectivity index (χ4n) is 2.59. The molecule has 0 spiro atoms. The number of carbonyl (C=O) groups is 1. The highest BCUT2D eigenvalue weighted by Crippen LogP contribution is 2.13. The Morgan fingerprint density at radius 3 is 2.50 bits per heavy atom. The molecule has 3 aromatic rings. The third kappa shape index (κ3) is 4.45. The summed E-state index contributed by atoms with van der Waals surface area (Å²) >= 11 is 0. The van der Waals surface area contributed by atoms with Crippen LogP contribution in [0.25, 0.3) is 0 Å². The van der Waals surface area contributed by atoms with Crippen molar-refractivity contribution in [3.8, 4) is 0 Å². The van der Waals surface area contributed by atoms with E-state index in [4.69, 9.17) is 0 Å². The predicted molar refractivity (Wildman–Crippen MR) is 100 cm³/mol. The van der Waals surface area contributed by atoms with Gasteiger partial charge in [-0.25, -0.2) is 4.39 Å². The smallest absolute Gasteiger partial charge is 0.253 e. The molecule has 0 aliphatic carbocycles. The third-order valence-corrected chi connectivity index (χ3v) is 4.14. The molecule has 2 N–H and O–H groups in total. The molecule has 3 rings (SSSR count). The van der Waals surface area contributed by atoms with E-state index in [0.717, 1.165) is 5.69 Å². The number of anilines is 1. The summed E-state index contributed by atoms with van der Waals surface area (Å²) in [7, 11) is 0. The Labute approximate surface area is 152 Å². The van der Waals surface area contributed by atoms with Crippen molar-refractivity contribution in [1.82, 2.24) is 10.3 Å². The van der Waals surface area contributed by atoms with Gasteiger partial charge in [-0.05, 0) is 30.2 Å². The van der Waals surface area contributed by atoms with E-state index in [1.54, 1.807) is 30.5 Å². The number of hydrogen-bond donors (Lipinski definition) is 2. The van der Waals surface area contributed by atoms with Crippen LogP contribution in [0.5, 0.6) is 0 Å². The molecule has 5 heteroatoms. The molecule has 1 aromatic heterocycles. The molecule has 0 aliphatic rings. The van der Waals surface area contributed by atoms with E-state index >= 15 is 0 Å². The number of aryl methyl sites for hydroxylation is 1. The van der Waals surface area contributed by atoms with Gasteiger partial charge in [0.15, 0.2) is 0 Å². The number of halogens is 1. The van der Waals surface area contributed by atoms with Gasteiger partial charge in [0.2, 0.25) is 0 Å². The Bertz CT molecular complexity index is 911. The summed E-state index contributed by atoms with van der Waals surface area (Å²) in [6, 6.07) is 16.2. The Morgan fingerprint density at radius 1 is 1.00 bits per heavy atom. The maximum Gasteiger partial charge on any atom is 0.253 e. The summed E-state index contributed by atoms with van der Waals surface area (Å²) in [5.41, 5.74) is 4.01. The van der Waals surface area contributed by atoms with Crippen molar-refractivity contribution in [2.45, 2.75) is 20.0 Å². The molecular weight excluding hydrogens is 329 g/mol. The maximum absolute atomic E-state index is 13.6. The molecular formula is C21H20FN3O. The van der Waals surface area contributed by atoms with Crippen LogP contribution in [0.15, 0.2) is 67.0 Å². The van der Waals surface area contributed by atoms with Crippen LogP contribution >= 0.6 is 0 Å². The van der Waals surface area contributed by atoms with Crippen LogP contribution in [-0.2, 0) is 13.1 Å². The second kappa shape index (κ2) is 8.25. The molecule has 0 atom stereocenters. The first-order chi connectivity index (χ1) is 12.6. The molecule has 2 aromatic carbocycles. The summed E-state index contributed by atoms with van der Waals surface area (Å²) in [6.45, 7) is 2.84. The van der Waals surface area contributed by atoms with E-state index in [1.165, 1.54) is 23.4 Å². The number of aromatic nitrogens is 1. The third-order valence-electron chi connectivity index (χ3n) is 4.14. The molecule has 0 saturated carbocycles. The van der Waals surface area contributed by atoms with E-state index in [2.05, 4.69) is 34.7 Å². The first kappa shape index (κ1) is 17.6.